The van der Waals surface area contributed by atoms with Crippen molar-refractivity contribution in [2.45, 2.75) is 4.90 Å². The third-order valence-electron chi connectivity index (χ3n) is 3.43. The van der Waals surface area contributed by atoms with Crippen molar-refractivity contribution in [2.75, 3.05) is 11.6 Å². The van der Waals surface area contributed by atoms with Crippen molar-refractivity contribution in [1.82, 2.24) is 10.3 Å². The largest absolute Gasteiger partial charge is 0.327 e. The first-order chi connectivity index (χ1) is 12.6. The van der Waals surface area contributed by atoms with Crippen molar-refractivity contribution in [3.8, 4) is 0 Å². The van der Waals surface area contributed by atoms with E-state index in [0.29, 0.717) is 10.2 Å². The highest BCUT2D eigenvalue weighted by atomic mass is 35.5. The maximum atomic E-state index is 12.2. The topological polar surface area (TPSA) is 105 Å². The highest BCUT2D eigenvalue weighted by molar-refractivity contribution is 7.90. The molecule has 11 heteroatoms. The zero-order valence-corrected chi connectivity index (χ0v) is 16.8. The normalized spacial score (nSPS) is 11.4. The number of nitrogens with zero attached hydrogens (tertiary/aromatic N) is 1. The lowest BCUT2D eigenvalue weighted by Crippen LogP contribution is -2.34. The van der Waals surface area contributed by atoms with Crippen LogP contribution in [0.2, 0.25) is 10.0 Å². The van der Waals surface area contributed by atoms with Gasteiger partial charge in [0.2, 0.25) is 0 Å². The molecule has 2 N–H and O–H groups in total. The van der Waals surface area contributed by atoms with Crippen molar-refractivity contribution in [2.24, 2.45) is 0 Å². The number of sulfone groups is 1. The van der Waals surface area contributed by atoms with E-state index in [1.165, 1.54) is 24.3 Å². The third kappa shape index (κ3) is 4.38. The van der Waals surface area contributed by atoms with E-state index in [1.807, 2.05) is 0 Å². The van der Waals surface area contributed by atoms with Gasteiger partial charge in [-0.2, -0.15) is 0 Å². The molecule has 0 saturated heterocycles. The molecule has 0 radical (unpaired) electrons. The molecule has 0 bridgehead atoms. The molecule has 0 unspecified atom stereocenters. The average molecular weight is 444 g/mol. The number of nitrogens with one attached hydrogen (secondary N) is 2. The Hall–Kier alpha value is -2.20. The van der Waals surface area contributed by atoms with Gasteiger partial charge in [0.25, 0.3) is 5.91 Å². The number of hydrogen-bond acceptors (Lipinski definition) is 6. The van der Waals surface area contributed by atoms with E-state index in [2.05, 4.69) is 15.6 Å². The summed E-state index contributed by atoms with van der Waals surface area (Å²) in [6.45, 7) is 0. The summed E-state index contributed by atoms with van der Waals surface area (Å²) >= 11 is 12.9. The predicted octanol–water partition coefficient (Wildman–Crippen LogP) is 3.97. The fourth-order valence-electron chi connectivity index (χ4n) is 2.20. The van der Waals surface area contributed by atoms with Crippen molar-refractivity contribution in [1.29, 1.82) is 0 Å². The molecular formula is C16H11Cl2N3O4S2. The standard InChI is InChI=1S/C16H11Cl2N3O4S2/c1-27(24,25)8-5-6-11-12(7-8)26-16(19-11)21-15(23)20-14(22)13-9(17)3-2-4-10(13)18/h2-7H,1H3,(H2,19,20,21,22,23). The van der Waals surface area contributed by atoms with E-state index in [-0.39, 0.29) is 25.6 Å². The molecule has 3 amide bonds. The lowest BCUT2D eigenvalue weighted by Gasteiger charge is -2.07. The fraction of sp³-hybridized carbons (Fsp3) is 0.0625. The Morgan fingerprint density at radius 3 is 2.41 bits per heavy atom. The highest BCUT2D eigenvalue weighted by Gasteiger charge is 2.18. The molecule has 0 aliphatic rings. The van der Waals surface area contributed by atoms with Crippen LogP contribution in [0.25, 0.3) is 10.2 Å². The first-order valence-electron chi connectivity index (χ1n) is 7.32. The van der Waals surface area contributed by atoms with Gasteiger partial charge >= 0.3 is 6.03 Å². The maximum Gasteiger partial charge on any atom is 0.327 e. The molecule has 1 heterocycles. The molecule has 0 atom stereocenters. The second kappa shape index (κ2) is 7.43. The number of urea groups is 1. The molecular weight excluding hydrogens is 433 g/mol. The van der Waals surface area contributed by atoms with E-state index in [1.54, 1.807) is 12.1 Å². The maximum absolute atomic E-state index is 12.2. The van der Waals surface area contributed by atoms with Crippen molar-refractivity contribution in [3.05, 3.63) is 52.0 Å². The van der Waals surface area contributed by atoms with Crippen LogP contribution >= 0.6 is 34.5 Å². The summed E-state index contributed by atoms with van der Waals surface area (Å²) in [7, 11) is -3.35. The molecule has 1 aromatic heterocycles. The van der Waals surface area contributed by atoms with Crippen LogP contribution in [-0.2, 0) is 9.84 Å². The Kier molecular flexibility index (Phi) is 5.38. The van der Waals surface area contributed by atoms with Crippen LogP contribution in [-0.4, -0.2) is 31.6 Å². The summed E-state index contributed by atoms with van der Waals surface area (Å²) in [6.07, 6.45) is 1.10. The number of aromatic nitrogens is 1. The van der Waals surface area contributed by atoms with Gasteiger partial charge in [-0.3, -0.25) is 15.4 Å². The number of halogens is 2. The van der Waals surface area contributed by atoms with Gasteiger partial charge in [0.15, 0.2) is 15.0 Å². The summed E-state index contributed by atoms with van der Waals surface area (Å²) < 4.78 is 23.8. The van der Waals surface area contributed by atoms with Gasteiger partial charge in [-0.1, -0.05) is 40.6 Å². The number of fused-ring (bicyclic) bond motifs is 1. The second-order valence-corrected chi connectivity index (χ2v) is 9.29. The Bertz CT molecular complexity index is 1160. The number of imide groups is 1. The molecule has 2 aromatic carbocycles. The van der Waals surface area contributed by atoms with Crippen LogP contribution in [0.1, 0.15) is 10.4 Å². The number of hydrogen-bond donors (Lipinski definition) is 2. The van der Waals surface area contributed by atoms with Gasteiger partial charge in [-0.25, -0.2) is 18.2 Å². The number of amides is 3. The molecule has 7 nitrogen and oxygen atoms in total. The molecule has 0 aliphatic heterocycles. The van der Waals surface area contributed by atoms with Gasteiger partial charge in [0.1, 0.15) is 0 Å². The predicted molar refractivity (Wildman–Crippen MR) is 106 cm³/mol. The summed E-state index contributed by atoms with van der Waals surface area (Å²) in [5.74, 6) is -0.761. The van der Waals surface area contributed by atoms with E-state index in [9.17, 15) is 18.0 Å². The molecule has 0 fully saturated rings. The number of carbonyl (C=O) groups excluding carboxylic acids is 2. The molecule has 27 heavy (non-hydrogen) atoms. The number of rotatable bonds is 3. The smallest absolute Gasteiger partial charge is 0.283 e. The zero-order chi connectivity index (χ0) is 19.8. The Balaban J connectivity index is 1.77. The van der Waals surface area contributed by atoms with Crippen LogP contribution in [0.4, 0.5) is 9.93 Å². The van der Waals surface area contributed by atoms with E-state index in [0.717, 1.165) is 17.6 Å². The molecule has 3 rings (SSSR count). The lowest BCUT2D eigenvalue weighted by atomic mass is 10.2. The minimum Gasteiger partial charge on any atom is -0.283 e. The van der Waals surface area contributed by atoms with E-state index in [4.69, 9.17) is 23.2 Å². The molecule has 3 aromatic rings. The Morgan fingerprint density at radius 1 is 1.11 bits per heavy atom. The van der Waals surface area contributed by atoms with Gasteiger partial charge < -0.3 is 0 Å². The van der Waals surface area contributed by atoms with Gasteiger partial charge in [0, 0.05) is 6.26 Å². The minimum atomic E-state index is -3.35. The number of carbonyl (C=O) groups is 2. The zero-order valence-electron chi connectivity index (χ0n) is 13.6. The average Bonchev–Trinajstić information content (AvgIpc) is 2.94. The van der Waals surface area contributed by atoms with E-state index < -0.39 is 21.8 Å². The van der Waals surface area contributed by atoms with Gasteiger partial charge in [-0.05, 0) is 30.3 Å². The Labute approximate surface area is 168 Å². The van der Waals surface area contributed by atoms with Crippen LogP contribution in [0.5, 0.6) is 0 Å². The minimum absolute atomic E-state index is 0.0157. The highest BCUT2D eigenvalue weighted by Crippen LogP contribution is 2.28. The monoisotopic (exact) mass is 443 g/mol. The number of thiazole rings is 1. The summed E-state index contributed by atoms with van der Waals surface area (Å²) in [6, 6.07) is 8.16. The third-order valence-corrected chi connectivity index (χ3v) is 6.10. The SMILES string of the molecule is CS(=O)(=O)c1ccc2nc(NC(=O)NC(=O)c3c(Cl)cccc3Cl)sc2c1. The summed E-state index contributed by atoms with van der Waals surface area (Å²) in [5.41, 5.74) is 0.501. The van der Waals surface area contributed by atoms with E-state index >= 15 is 0 Å². The summed E-state index contributed by atoms with van der Waals surface area (Å²) in [4.78, 5) is 28.6. The van der Waals surface area contributed by atoms with Crippen LogP contribution < -0.4 is 10.6 Å². The van der Waals surface area contributed by atoms with Crippen molar-refractivity contribution < 1.29 is 18.0 Å². The molecule has 0 spiro atoms. The first kappa shape index (κ1) is 19.6. The van der Waals surface area contributed by atoms with Gasteiger partial charge in [-0.15, -0.1) is 0 Å². The first-order valence-corrected chi connectivity index (χ1v) is 10.8. The number of benzene rings is 2. The molecule has 0 saturated carbocycles. The van der Waals surface area contributed by atoms with Gasteiger partial charge in [0.05, 0.1) is 30.7 Å². The van der Waals surface area contributed by atoms with Crippen LogP contribution in [0.3, 0.4) is 0 Å². The summed E-state index contributed by atoms with van der Waals surface area (Å²) in [5, 5.41) is 4.97. The van der Waals surface area contributed by atoms with Crippen molar-refractivity contribution >= 4 is 71.7 Å². The number of anilines is 1. The van der Waals surface area contributed by atoms with Crippen LogP contribution in [0.15, 0.2) is 41.3 Å². The second-order valence-electron chi connectivity index (χ2n) is 5.43. The fourth-order valence-corrected chi connectivity index (χ4v) is 4.39. The quantitative estimate of drug-likeness (QED) is 0.636. The molecule has 0 aliphatic carbocycles. The molecule has 140 valence electrons. The Morgan fingerprint density at radius 2 is 1.78 bits per heavy atom. The lowest BCUT2D eigenvalue weighted by molar-refractivity contribution is 0.0967. The van der Waals surface area contributed by atoms with Crippen molar-refractivity contribution in [3.63, 3.8) is 0 Å². The van der Waals surface area contributed by atoms with Crippen LogP contribution in [0, 0.1) is 0 Å².